The summed E-state index contributed by atoms with van der Waals surface area (Å²) in [6, 6.07) is -0.955. The molecule has 0 fully saturated rings. The fourth-order valence-corrected chi connectivity index (χ4v) is 1.34. The Bertz CT molecular complexity index is 231. The number of amides is 1. The largest absolute Gasteiger partial charge is 0.345 e. The number of nitrogens with one attached hydrogen (secondary N) is 1. The molecule has 0 aliphatic heterocycles. The average Bonchev–Trinajstić information content (AvgIpc) is 2.32. The molecule has 4 nitrogen and oxygen atoms in total. The first-order valence-electron chi connectivity index (χ1n) is 5.99. The van der Waals surface area contributed by atoms with Crippen LogP contribution >= 0.6 is 0 Å². The van der Waals surface area contributed by atoms with Crippen molar-refractivity contribution < 1.29 is 9.59 Å². The molecule has 0 aromatic carbocycles. The topological polar surface area (TPSA) is 72.2 Å². The lowest BCUT2D eigenvalue weighted by Crippen LogP contribution is -2.50. The third-order valence-corrected chi connectivity index (χ3v) is 3.27. The molecule has 16 heavy (non-hydrogen) atoms. The predicted molar refractivity (Wildman–Crippen MR) is 64.9 cm³/mol. The minimum atomic E-state index is -0.531. The van der Waals surface area contributed by atoms with Crippen LogP contribution in [0.4, 0.5) is 0 Å². The summed E-state index contributed by atoms with van der Waals surface area (Å²) in [5, 5.41) is 2.70. The highest BCUT2D eigenvalue weighted by atomic mass is 16.2. The van der Waals surface area contributed by atoms with Crippen molar-refractivity contribution in [3.05, 3.63) is 0 Å². The Morgan fingerprint density at radius 1 is 1.25 bits per heavy atom. The van der Waals surface area contributed by atoms with Crippen LogP contribution in [0.1, 0.15) is 40.5 Å². The molecule has 94 valence electrons. The minimum absolute atomic E-state index is 0.129. The molecule has 0 saturated heterocycles. The van der Waals surface area contributed by atoms with Gasteiger partial charge in [-0.2, -0.15) is 0 Å². The summed E-state index contributed by atoms with van der Waals surface area (Å²) in [6.07, 6.45) is 2.49. The molecule has 4 heteroatoms. The van der Waals surface area contributed by atoms with Gasteiger partial charge in [0.2, 0.25) is 5.91 Å². The molecular formula is C12H24N2O2. The number of aldehydes is 1. The van der Waals surface area contributed by atoms with E-state index >= 15 is 0 Å². The van der Waals surface area contributed by atoms with E-state index in [9.17, 15) is 9.59 Å². The van der Waals surface area contributed by atoms with Crippen molar-refractivity contribution in [1.82, 2.24) is 5.32 Å². The molecule has 0 aromatic rings. The van der Waals surface area contributed by atoms with Crippen molar-refractivity contribution in [2.45, 2.75) is 52.6 Å². The van der Waals surface area contributed by atoms with Gasteiger partial charge in [-0.3, -0.25) is 4.79 Å². The zero-order valence-electron chi connectivity index (χ0n) is 10.7. The molecular weight excluding hydrogens is 204 g/mol. The van der Waals surface area contributed by atoms with Crippen LogP contribution in [-0.4, -0.2) is 24.3 Å². The van der Waals surface area contributed by atoms with E-state index in [0.29, 0.717) is 0 Å². The Morgan fingerprint density at radius 3 is 2.12 bits per heavy atom. The Labute approximate surface area is 98.0 Å². The van der Waals surface area contributed by atoms with Crippen molar-refractivity contribution in [1.29, 1.82) is 0 Å². The Kier molecular flexibility index (Phi) is 6.97. The van der Waals surface area contributed by atoms with Crippen molar-refractivity contribution in [3.8, 4) is 0 Å². The second-order valence-corrected chi connectivity index (χ2v) is 4.47. The second kappa shape index (κ2) is 7.39. The molecule has 0 bridgehead atoms. The third kappa shape index (κ3) is 4.31. The van der Waals surface area contributed by atoms with Gasteiger partial charge in [0.25, 0.3) is 0 Å². The van der Waals surface area contributed by atoms with Crippen LogP contribution in [0.2, 0.25) is 0 Å². The number of nitrogens with two attached hydrogens (primary N) is 1. The molecule has 3 N–H and O–H groups in total. The van der Waals surface area contributed by atoms with Gasteiger partial charge in [-0.25, -0.2) is 0 Å². The quantitative estimate of drug-likeness (QED) is 0.641. The zero-order valence-corrected chi connectivity index (χ0v) is 10.7. The normalized spacial score (nSPS) is 18.3. The number of carbonyl (C=O) groups excluding carboxylic acids is 2. The van der Waals surface area contributed by atoms with Gasteiger partial charge in [-0.1, -0.05) is 40.5 Å². The van der Waals surface area contributed by atoms with Crippen molar-refractivity contribution >= 4 is 12.2 Å². The lowest BCUT2D eigenvalue weighted by Gasteiger charge is -2.23. The molecule has 0 aliphatic rings. The standard InChI is InChI=1S/C12H24N2O2/c1-5-8(3)10(7-15)14-12(16)11(13)9(4)6-2/h7-11H,5-6,13H2,1-4H3,(H,14,16)/t8?,9?,10-,11+/m1/s1. The molecule has 2 unspecified atom stereocenters. The van der Waals surface area contributed by atoms with E-state index in [4.69, 9.17) is 5.73 Å². The summed E-state index contributed by atoms with van der Waals surface area (Å²) < 4.78 is 0. The summed E-state index contributed by atoms with van der Waals surface area (Å²) in [7, 11) is 0. The second-order valence-electron chi connectivity index (χ2n) is 4.47. The highest BCUT2D eigenvalue weighted by molar-refractivity contribution is 5.84. The van der Waals surface area contributed by atoms with Crippen molar-refractivity contribution in [3.63, 3.8) is 0 Å². The van der Waals surface area contributed by atoms with E-state index in [1.807, 2.05) is 27.7 Å². The molecule has 0 saturated carbocycles. The van der Waals surface area contributed by atoms with Crippen LogP contribution in [0.3, 0.4) is 0 Å². The molecule has 4 atom stereocenters. The maximum Gasteiger partial charge on any atom is 0.237 e. The van der Waals surface area contributed by atoms with Crippen LogP contribution in [0.25, 0.3) is 0 Å². The van der Waals surface area contributed by atoms with E-state index in [1.54, 1.807) is 0 Å². The predicted octanol–water partition coefficient (Wildman–Crippen LogP) is 1.09. The summed E-state index contributed by atoms with van der Waals surface area (Å²) in [4.78, 5) is 22.6. The van der Waals surface area contributed by atoms with Gasteiger partial charge >= 0.3 is 0 Å². The molecule has 1 amide bonds. The fraction of sp³-hybridized carbons (Fsp3) is 0.833. The van der Waals surface area contributed by atoms with Gasteiger partial charge in [-0.15, -0.1) is 0 Å². The summed E-state index contributed by atoms with van der Waals surface area (Å²) >= 11 is 0. The van der Waals surface area contributed by atoms with Gasteiger partial charge in [0, 0.05) is 0 Å². The molecule has 0 aliphatic carbocycles. The lowest BCUT2D eigenvalue weighted by atomic mass is 9.97. The zero-order chi connectivity index (χ0) is 12.7. The van der Waals surface area contributed by atoms with Gasteiger partial charge in [0.15, 0.2) is 0 Å². The monoisotopic (exact) mass is 228 g/mol. The van der Waals surface area contributed by atoms with Crippen LogP contribution in [0.15, 0.2) is 0 Å². The molecule has 0 heterocycles. The summed E-state index contributed by atoms with van der Waals surface area (Å²) in [5.74, 6) is 0.0431. The summed E-state index contributed by atoms with van der Waals surface area (Å²) in [5.41, 5.74) is 5.79. The fourth-order valence-electron chi connectivity index (χ4n) is 1.34. The smallest absolute Gasteiger partial charge is 0.237 e. The van der Waals surface area contributed by atoms with E-state index in [1.165, 1.54) is 0 Å². The van der Waals surface area contributed by atoms with Crippen LogP contribution in [0.5, 0.6) is 0 Å². The highest BCUT2D eigenvalue weighted by Gasteiger charge is 2.23. The average molecular weight is 228 g/mol. The van der Waals surface area contributed by atoms with E-state index in [0.717, 1.165) is 19.1 Å². The van der Waals surface area contributed by atoms with E-state index in [-0.39, 0.29) is 17.7 Å². The van der Waals surface area contributed by atoms with Crippen molar-refractivity contribution in [2.75, 3.05) is 0 Å². The van der Waals surface area contributed by atoms with Crippen LogP contribution < -0.4 is 11.1 Å². The van der Waals surface area contributed by atoms with Gasteiger partial charge < -0.3 is 15.8 Å². The highest BCUT2D eigenvalue weighted by Crippen LogP contribution is 2.08. The number of rotatable bonds is 7. The first kappa shape index (κ1) is 15.1. The Morgan fingerprint density at radius 2 is 1.75 bits per heavy atom. The van der Waals surface area contributed by atoms with Crippen LogP contribution in [0, 0.1) is 11.8 Å². The minimum Gasteiger partial charge on any atom is -0.345 e. The Hall–Kier alpha value is -0.900. The van der Waals surface area contributed by atoms with Gasteiger partial charge in [0.1, 0.15) is 6.29 Å². The summed E-state index contributed by atoms with van der Waals surface area (Å²) in [6.45, 7) is 7.85. The SMILES string of the molecule is CCC(C)[C@H](N)C(=O)N[C@H](C=O)C(C)CC. The number of carbonyl (C=O) groups is 2. The van der Waals surface area contributed by atoms with E-state index in [2.05, 4.69) is 5.32 Å². The molecule has 0 spiro atoms. The third-order valence-electron chi connectivity index (χ3n) is 3.27. The first-order valence-corrected chi connectivity index (χ1v) is 5.99. The number of hydrogen-bond acceptors (Lipinski definition) is 3. The molecule has 0 rings (SSSR count). The van der Waals surface area contributed by atoms with Gasteiger partial charge in [0.05, 0.1) is 12.1 Å². The van der Waals surface area contributed by atoms with E-state index < -0.39 is 12.1 Å². The molecule has 0 aromatic heterocycles. The molecule has 0 radical (unpaired) electrons. The maximum absolute atomic E-state index is 11.7. The first-order chi connectivity index (χ1) is 7.47. The van der Waals surface area contributed by atoms with Crippen molar-refractivity contribution in [2.24, 2.45) is 17.6 Å². The maximum atomic E-state index is 11.7. The Balaban J connectivity index is 4.35. The van der Waals surface area contributed by atoms with Crippen LogP contribution in [-0.2, 0) is 9.59 Å². The lowest BCUT2D eigenvalue weighted by molar-refractivity contribution is -0.126. The number of hydrogen-bond donors (Lipinski definition) is 2. The van der Waals surface area contributed by atoms with Gasteiger partial charge in [-0.05, 0) is 11.8 Å².